The molecule has 2 aromatic carbocycles. The molecule has 5 spiro atoms. The average Bonchev–Trinajstić information content (AvgIpc) is 1.50. The predicted molar refractivity (Wildman–Crippen MR) is 529 cm³/mol. The van der Waals surface area contributed by atoms with Gasteiger partial charge in [0.2, 0.25) is 0 Å². The van der Waals surface area contributed by atoms with E-state index in [0.717, 1.165) is 80.9 Å². The molecular weight excluding hydrogens is 1790 g/mol. The summed E-state index contributed by atoms with van der Waals surface area (Å²) in [5.41, 5.74) is 3.66. The van der Waals surface area contributed by atoms with E-state index in [1.54, 1.807) is 47.4 Å². The molecule has 0 bridgehead atoms. The second kappa shape index (κ2) is 53.0. The number of Topliss-reactive ketones (excluding diaryl/α,β-unsaturated/α-hetero) is 3. The summed E-state index contributed by atoms with van der Waals surface area (Å²) >= 11 is 0. The van der Waals surface area contributed by atoms with E-state index in [1.165, 1.54) is 70.3 Å². The first-order chi connectivity index (χ1) is 66.0. The Morgan fingerprint density at radius 2 is 0.814 bits per heavy atom. The molecule has 1 N–H and O–H groups in total. The van der Waals surface area contributed by atoms with Crippen molar-refractivity contribution in [2.24, 2.45) is 50.7 Å². The highest BCUT2D eigenvalue weighted by Crippen LogP contribution is 2.54. The zero-order valence-corrected chi connectivity index (χ0v) is 86.7. The van der Waals surface area contributed by atoms with Crippen LogP contribution in [0.4, 0.5) is 5.69 Å². The van der Waals surface area contributed by atoms with E-state index in [9.17, 15) is 77.0 Å². The molecule has 0 radical (unpaired) electrons. The molecule has 27 heteroatoms. The standard InChI is InChI=1S/C33H37NO6.C20H32O5.2C20H30O5.C20H28O5/c1-22(2)12-11-13-23(3)18-30-33(21-31(37)40-30)20-28(39-24(4)35)27(19-29(33)36)34(26-16-9-6-10-17-26)32(38)25-14-7-5-8-15-25;4*1-13(2)6-5-7-14(3)10-18-20(12-19(23)25-18)11-16(24-15(4)21)8-9-17(20)22/h5-10,12,14-18,27-28,30H,11,13,19-21H2,1-4H3;13-14,16,18H,5-12H2,1-4H3;8-9,13-14,16,18H,5-7,10-12H2,1-4H3;6,10,16-18,22H,5,7-9,11-12H2,1-4H3;6,10,16,18H,5,7-9,11-12H2,1-4H3/b23-18+;;;2*14-10+/t27-,28-,30+,33?;2*14?,16-,18-,20?;16-,17?,18-,20?;16-,18-,20?/m01111/s1. The van der Waals surface area contributed by atoms with Gasteiger partial charge in [0.25, 0.3) is 5.91 Å². The van der Waals surface area contributed by atoms with Gasteiger partial charge in [-0.3, -0.25) is 71.9 Å². The Balaban J connectivity index is 0.000000218. The molecule has 770 valence electrons. The van der Waals surface area contributed by atoms with Gasteiger partial charge in [0.15, 0.2) is 5.78 Å². The van der Waals surface area contributed by atoms with Crippen LogP contribution in [0.1, 0.15) is 348 Å². The predicted octanol–water partition coefficient (Wildman–Crippen LogP) is 20.5. The lowest BCUT2D eigenvalue weighted by Gasteiger charge is -2.45. The quantitative estimate of drug-likeness (QED) is 0.0404. The summed E-state index contributed by atoms with van der Waals surface area (Å²) in [5.74, 6) is -1.93. The maximum Gasteiger partial charge on any atom is 0.307 e. The van der Waals surface area contributed by atoms with Crippen LogP contribution in [0.5, 0.6) is 0 Å². The molecule has 1 amide bonds. The van der Waals surface area contributed by atoms with Crippen LogP contribution in [-0.2, 0) is 114 Å². The highest BCUT2D eigenvalue weighted by atomic mass is 16.6. The maximum atomic E-state index is 14.0. The highest BCUT2D eigenvalue weighted by molar-refractivity contribution is 6.08. The number of hydrogen-bond donors (Lipinski definition) is 1. The first-order valence-corrected chi connectivity index (χ1v) is 50.7. The number of hydrogen-bond acceptors (Lipinski definition) is 26. The average molecular weight is 1950 g/mol. The van der Waals surface area contributed by atoms with Crippen LogP contribution < -0.4 is 4.90 Å². The van der Waals surface area contributed by atoms with E-state index in [0.29, 0.717) is 112 Å². The molecule has 27 nitrogen and oxygen atoms in total. The number of aliphatic hydroxyl groups excluding tert-OH is 1. The molecule has 9 fully saturated rings. The summed E-state index contributed by atoms with van der Waals surface area (Å²) in [6.07, 6.45) is 28.1. The number of cyclic esters (lactones) is 5. The molecule has 5 aliphatic carbocycles. The number of nitrogens with zero attached hydrogens (tertiary/aromatic N) is 1. The van der Waals surface area contributed by atoms with Gasteiger partial charge >= 0.3 is 59.7 Å². The zero-order chi connectivity index (χ0) is 103. The fraction of sp³-hybridized carbons (Fsp3) is 0.637. The van der Waals surface area contributed by atoms with Crippen LogP contribution in [0.15, 0.2) is 143 Å². The van der Waals surface area contributed by atoms with Crippen LogP contribution in [-0.4, -0.2) is 167 Å². The first-order valence-electron chi connectivity index (χ1n) is 50.7. The number of allylic oxidation sites excluding steroid dienone is 10. The molecule has 4 saturated carbocycles. The monoisotopic (exact) mass is 1940 g/mol. The SMILES string of the molecule is CC(=O)O[C@@H]1C=CC(=O)C2(CC(=O)O[C@@H]2CC(C)CCCC(C)C)C1.CC(=O)O[C@@H]1CCC(=O)C2(CC(=O)O[C@@H]2/C=C(\C)CCC=C(C)C)C1.CC(=O)O[C@@H]1CCC(=O)C2(CC(=O)O[C@@H]2CC(C)CCCC(C)C)C1.CC(=O)O[C@@H]1CCC(O)C2(CC(=O)O[C@@H]2/C=C(\C)CCC=C(C)C)C1.CC(=O)O[C@H]1CC2(CC(=O)O[C@@H]2/C=C(\C)CCC=C(C)C)C(=O)C[C@@H]1N(C(=O)c1ccccc1)c1ccccc1. The van der Waals surface area contributed by atoms with Gasteiger partial charge in [0.1, 0.15) is 78.4 Å². The van der Waals surface area contributed by atoms with Gasteiger partial charge in [-0.2, -0.15) is 0 Å². The Kier molecular flexibility index (Phi) is 43.4. The number of rotatable bonds is 32. The Hall–Kier alpha value is -10.6. The van der Waals surface area contributed by atoms with Gasteiger partial charge in [-0.15, -0.1) is 0 Å². The molecule has 0 aromatic heterocycles. The van der Waals surface area contributed by atoms with E-state index in [1.807, 2.05) is 77.1 Å². The third kappa shape index (κ3) is 32.7. The number of carbonyl (C=O) groups is 15. The third-order valence-corrected chi connectivity index (χ3v) is 28.7. The second-order valence-corrected chi connectivity index (χ2v) is 42.6. The Bertz CT molecular complexity index is 4920. The lowest BCUT2D eigenvalue weighted by Crippen LogP contribution is -2.58. The smallest absolute Gasteiger partial charge is 0.307 e. The summed E-state index contributed by atoms with van der Waals surface area (Å²) in [5, 5.41) is 10.6. The summed E-state index contributed by atoms with van der Waals surface area (Å²) in [4.78, 5) is 186. The second-order valence-electron chi connectivity index (χ2n) is 42.6. The number of ketones is 4. The van der Waals surface area contributed by atoms with E-state index < -0.39 is 87.8 Å². The number of aliphatic hydroxyl groups is 1. The zero-order valence-electron chi connectivity index (χ0n) is 86.7. The molecule has 8 unspecified atom stereocenters. The largest absolute Gasteiger partial charge is 0.463 e. The van der Waals surface area contributed by atoms with Gasteiger partial charge in [0.05, 0.1) is 71.3 Å². The number of amides is 1. The molecule has 19 atom stereocenters. The van der Waals surface area contributed by atoms with Gasteiger partial charge in [-0.05, 0) is 224 Å². The van der Waals surface area contributed by atoms with Crippen molar-refractivity contribution in [1.82, 2.24) is 0 Å². The summed E-state index contributed by atoms with van der Waals surface area (Å²) in [6.45, 7) is 38.3. The van der Waals surface area contributed by atoms with Gasteiger partial charge in [-0.25, -0.2) is 0 Å². The number of benzene rings is 2. The van der Waals surface area contributed by atoms with Crippen molar-refractivity contribution in [3.05, 3.63) is 148 Å². The number of ether oxygens (including phenoxy) is 10. The minimum atomic E-state index is -1.16. The van der Waals surface area contributed by atoms with Crippen LogP contribution in [0.3, 0.4) is 0 Å². The molecule has 2 aromatic rings. The minimum Gasteiger partial charge on any atom is -0.463 e. The van der Waals surface area contributed by atoms with Gasteiger partial charge < -0.3 is 57.4 Å². The lowest BCUT2D eigenvalue weighted by molar-refractivity contribution is -0.157. The van der Waals surface area contributed by atoms with E-state index in [4.69, 9.17) is 47.4 Å². The Morgan fingerprint density at radius 1 is 0.421 bits per heavy atom. The molecule has 5 aliphatic heterocycles. The fourth-order valence-electron chi connectivity index (χ4n) is 21.6. The van der Waals surface area contributed by atoms with E-state index >= 15 is 0 Å². The van der Waals surface area contributed by atoms with E-state index in [2.05, 4.69) is 87.5 Å². The summed E-state index contributed by atoms with van der Waals surface area (Å²) < 4.78 is 55.0. The van der Waals surface area contributed by atoms with Crippen LogP contribution in [0.25, 0.3) is 0 Å². The normalized spacial score (nSPS) is 28.9. The first kappa shape index (κ1) is 115. The number of para-hydroxylation sites is 1. The Morgan fingerprint density at radius 3 is 1.27 bits per heavy atom. The lowest BCUT2D eigenvalue weighted by atomic mass is 9.65. The van der Waals surface area contributed by atoms with Crippen molar-refractivity contribution in [1.29, 1.82) is 0 Å². The van der Waals surface area contributed by atoms with E-state index in [-0.39, 0.29) is 146 Å². The van der Waals surface area contributed by atoms with Gasteiger partial charge in [-0.1, -0.05) is 168 Å². The number of carbonyl (C=O) groups excluding carboxylic acids is 15. The maximum absolute atomic E-state index is 14.0. The van der Waals surface area contributed by atoms with Crippen molar-refractivity contribution in [2.75, 3.05) is 4.90 Å². The van der Waals surface area contributed by atoms with Crippen molar-refractivity contribution in [3.8, 4) is 0 Å². The third-order valence-electron chi connectivity index (χ3n) is 28.7. The minimum absolute atomic E-state index is 0.0418. The Labute approximate surface area is 829 Å². The number of esters is 10. The topological polar surface area (TPSA) is 372 Å². The molecule has 10 aliphatic rings. The molecule has 140 heavy (non-hydrogen) atoms. The van der Waals surface area contributed by atoms with Crippen LogP contribution >= 0.6 is 0 Å². The number of anilines is 1. The molecule has 5 heterocycles. The summed E-state index contributed by atoms with van der Waals surface area (Å²) in [6, 6.07) is 17.1. The fourth-order valence-corrected chi connectivity index (χ4v) is 21.6. The molecule has 12 rings (SSSR count). The van der Waals surface area contributed by atoms with Crippen molar-refractivity contribution < 1.29 is 124 Å². The molecular formula is C113H157NO26. The van der Waals surface area contributed by atoms with Crippen LogP contribution in [0, 0.1) is 50.7 Å². The summed E-state index contributed by atoms with van der Waals surface area (Å²) in [7, 11) is 0. The van der Waals surface area contributed by atoms with Crippen LogP contribution in [0.2, 0.25) is 0 Å². The van der Waals surface area contributed by atoms with Gasteiger partial charge in [0, 0.05) is 90.8 Å². The highest BCUT2D eigenvalue weighted by Gasteiger charge is 2.63. The van der Waals surface area contributed by atoms with Crippen molar-refractivity contribution in [3.63, 3.8) is 0 Å². The molecule has 5 saturated heterocycles. The van der Waals surface area contributed by atoms with Crippen molar-refractivity contribution in [2.45, 2.75) is 411 Å². The van der Waals surface area contributed by atoms with Crippen molar-refractivity contribution >= 4 is 94.4 Å².